The minimum atomic E-state index is -3.83. The van der Waals surface area contributed by atoms with E-state index in [9.17, 15) is 18.0 Å². The average molecular weight is 591 g/mol. The molecule has 3 aromatic carbocycles. The fourth-order valence-electron chi connectivity index (χ4n) is 4.21. The molecule has 0 radical (unpaired) electrons. The zero-order valence-corrected chi connectivity index (χ0v) is 24.7. The minimum Gasteiger partial charge on any atom is -0.352 e. The highest BCUT2D eigenvalue weighted by molar-refractivity contribution is 7.92. The molecule has 0 heterocycles. The number of nitrogens with one attached hydrogen (secondary N) is 1. The van der Waals surface area contributed by atoms with Crippen LogP contribution in [0.3, 0.4) is 0 Å². The third-order valence-corrected chi connectivity index (χ3v) is 7.97. The van der Waals surface area contributed by atoms with Crippen LogP contribution in [-0.2, 0) is 32.6 Å². The first-order chi connectivity index (χ1) is 18.4. The molecule has 0 spiro atoms. The second-order valence-corrected chi connectivity index (χ2v) is 12.4. The van der Waals surface area contributed by atoms with E-state index in [-0.39, 0.29) is 24.9 Å². The predicted molar refractivity (Wildman–Crippen MR) is 158 cm³/mol. The Morgan fingerprint density at radius 3 is 2.13 bits per heavy atom. The molecule has 10 heteroatoms. The third kappa shape index (κ3) is 8.46. The van der Waals surface area contributed by atoms with Crippen molar-refractivity contribution in [3.63, 3.8) is 0 Å². The molecule has 1 atom stereocenters. The van der Waals surface area contributed by atoms with E-state index in [1.807, 2.05) is 44.2 Å². The molecule has 0 aliphatic carbocycles. The van der Waals surface area contributed by atoms with Crippen LogP contribution < -0.4 is 9.62 Å². The van der Waals surface area contributed by atoms with Gasteiger partial charge in [0.2, 0.25) is 21.8 Å². The van der Waals surface area contributed by atoms with Gasteiger partial charge in [-0.05, 0) is 55.7 Å². The maximum Gasteiger partial charge on any atom is 0.244 e. The zero-order valence-electron chi connectivity index (χ0n) is 22.4. The van der Waals surface area contributed by atoms with Crippen molar-refractivity contribution in [3.05, 3.63) is 99.5 Å². The van der Waals surface area contributed by atoms with E-state index in [2.05, 4.69) is 5.32 Å². The molecule has 2 amide bonds. The highest BCUT2D eigenvalue weighted by Gasteiger charge is 2.33. The third-order valence-electron chi connectivity index (χ3n) is 6.10. The smallest absolute Gasteiger partial charge is 0.244 e. The Morgan fingerprint density at radius 1 is 0.897 bits per heavy atom. The molecule has 0 bridgehead atoms. The number of benzene rings is 3. The SMILES string of the molecule is Cc1ccccc1N(CC(=O)N(Cc1ccc(Cl)c(Cl)c1)[C@H](Cc1ccccc1)C(=O)NC(C)C)S(C)(=O)=O. The normalized spacial score (nSPS) is 12.2. The Kier molecular flexibility index (Phi) is 10.4. The lowest BCUT2D eigenvalue weighted by Gasteiger charge is -2.34. The molecule has 0 fully saturated rings. The molecule has 208 valence electrons. The summed E-state index contributed by atoms with van der Waals surface area (Å²) in [6.07, 6.45) is 1.29. The Labute approximate surface area is 240 Å². The zero-order chi connectivity index (χ0) is 28.7. The second-order valence-electron chi connectivity index (χ2n) is 9.70. The maximum absolute atomic E-state index is 14.0. The van der Waals surface area contributed by atoms with E-state index in [4.69, 9.17) is 23.2 Å². The molecule has 0 aliphatic heterocycles. The van der Waals surface area contributed by atoms with E-state index in [1.165, 1.54) is 4.90 Å². The molecule has 0 aromatic heterocycles. The quantitative estimate of drug-likeness (QED) is 0.331. The molecule has 7 nitrogen and oxygen atoms in total. The van der Waals surface area contributed by atoms with Gasteiger partial charge in [-0.2, -0.15) is 0 Å². The summed E-state index contributed by atoms with van der Waals surface area (Å²) in [5.74, 6) is -0.876. The Morgan fingerprint density at radius 2 is 1.54 bits per heavy atom. The molecule has 3 rings (SSSR count). The second kappa shape index (κ2) is 13.3. The lowest BCUT2D eigenvalue weighted by atomic mass is 10.0. The van der Waals surface area contributed by atoms with E-state index in [0.717, 1.165) is 16.1 Å². The van der Waals surface area contributed by atoms with Gasteiger partial charge in [-0.3, -0.25) is 13.9 Å². The molecule has 0 unspecified atom stereocenters. The number of amides is 2. The van der Waals surface area contributed by atoms with E-state index in [0.29, 0.717) is 26.9 Å². The average Bonchev–Trinajstić information content (AvgIpc) is 2.86. The number of aryl methyl sites for hydroxylation is 1. The van der Waals surface area contributed by atoms with Gasteiger partial charge in [0, 0.05) is 19.0 Å². The number of para-hydroxylation sites is 1. The van der Waals surface area contributed by atoms with Gasteiger partial charge in [0.15, 0.2) is 0 Å². The number of sulfonamides is 1. The monoisotopic (exact) mass is 589 g/mol. The minimum absolute atomic E-state index is 0.0180. The van der Waals surface area contributed by atoms with Crippen LogP contribution >= 0.6 is 23.2 Å². The van der Waals surface area contributed by atoms with Gasteiger partial charge in [0.05, 0.1) is 22.0 Å². The predicted octanol–water partition coefficient (Wildman–Crippen LogP) is 5.23. The Hall–Kier alpha value is -3.07. The Bertz CT molecular complexity index is 1420. The number of rotatable bonds is 11. The van der Waals surface area contributed by atoms with Gasteiger partial charge in [-0.1, -0.05) is 77.8 Å². The summed E-state index contributed by atoms with van der Waals surface area (Å²) in [6.45, 7) is 4.99. The van der Waals surface area contributed by atoms with Crippen LogP contribution in [0.15, 0.2) is 72.8 Å². The Balaban J connectivity index is 2.08. The van der Waals surface area contributed by atoms with E-state index in [1.54, 1.807) is 49.4 Å². The van der Waals surface area contributed by atoms with Crippen LogP contribution in [0.25, 0.3) is 0 Å². The summed E-state index contributed by atoms with van der Waals surface area (Å²) >= 11 is 12.4. The molecular formula is C29H33Cl2N3O4S. The molecule has 0 saturated carbocycles. The fourth-order valence-corrected chi connectivity index (χ4v) is 5.44. The van der Waals surface area contributed by atoms with Gasteiger partial charge in [-0.25, -0.2) is 8.42 Å². The number of carbonyl (C=O) groups excluding carboxylic acids is 2. The summed E-state index contributed by atoms with van der Waals surface area (Å²) in [5.41, 5.74) is 2.60. The van der Waals surface area contributed by atoms with Gasteiger partial charge in [-0.15, -0.1) is 0 Å². The largest absolute Gasteiger partial charge is 0.352 e. The first-order valence-electron chi connectivity index (χ1n) is 12.5. The lowest BCUT2D eigenvalue weighted by molar-refractivity contribution is -0.140. The van der Waals surface area contributed by atoms with Crippen molar-refractivity contribution in [2.75, 3.05) is 17.1 Å². The van der Waals surface area contributed by atoms with Crippen molar-refractivity contribution in [1.82, 2.24) is 10.2 Å². The summed E-state index contributed by atoms with van der Waals surface area (Å²) in [7, 11) is -3.83. The highest BCUT2D eigenvalue weighted by atomic mass is 35.5. The van der Waals surface area contributed by atoms with Crippen LogP contribution in [0.1, 0.15) is 30.5 Å². The molecule has 39 heavy (non-hydrogen) atoms. The molecule has 0 saturated heterocycles. The first kappa shape index (κ1) is 30.5. The van der Waals surface area contributed by atoms with Crippen LogP contribution in [0.2, 0.25) is 10.0 Å². The standard InChI is InChI=1S/C29H33Cl2N3O4S/c1-20(2)32-29(36)27(17-22-11-6-5-7-12-22)33(18-23-14-15-24(30)25(31)16-23)28(35)19-34(39(4,37)38)26-13-9-8-10-21(26)3/h5-16,20,27H,17-19H2,1-4H3,(H,32,36)/t27-/m1/s1. The lowest BCUT2D eigenvalue weighted by Crippen LogP contribution is -2.54. The van der Waals surface area contributed by atoms with Crippen molar-refractivity contribution in [2.45, 2.75) is 45.8 Å². The molecule has 0 aliphatic rings. The highest BCUT2D eigenvalue weighted by Crippen LogP contribution is 2.26. The number of anilines is 1. The van der Waals surface area contributed by atoms with Crippen molar-refractivity contribution < 1.29 is 18.0 Å². The summed E-state index contributed by atoms with van der Waals surface area (Å²) in [4.78, 5) is 29.0. The van der Waals surface area contributed by atoms with Crippen LogP contribution in [0.4, 0.5) is 5.69 Å². The first-order valence-corrected chi connectivity index (χ1v) is 15.1. The van der Waals surface area contributed by atoms with Gasteiger partial charge < -0.3 is 10.2 Å². The van der Waals surface area contributed by atoms with Crippen LogP contribution in [-0.4, -0.2) is 50.0 Å². The number of hydrogen-bond acceptors (Lipinski definition) is 4. The summed E-state index contributed by atoms with van der Waals surface area (Å²) in [5, 5.41) is 3.59. The number of carbonyl (C=O) groups is 2. The molecule has 1 N–H and O–H groups in total. The van der Waals surface area contributed by atoms with Crippen LogP contribution in [0, 0.1) is 6.92 Å². The van der Waals surface area contributed by atoms with E-state index < -0.39 is 28.5 Å². The number of nitrogens with zero attached hydrogens (tertiary/aromatic N) is 2. The van der Waals surface area contributed by atoms with E-state index >= 15 is 0 Å². The summed E-state index contributed by atoms with van der Waals surface area (Å²) < 4.78 is 26.8. The van der Waals surface area contributed by atoms with Crippen LogP contribution in [0.5, 0.6) is 0 Å². The van der Waals surface area contributed by atoms with Crippen molar-refractivity contribution in [3.8, 4) is 0 Å². The van der Waals surface area contributed by atoms with Crippen molar-refractivity contribution in [2.24, 2.45) is 0 Å². The number of hydrogen-bond donors (Lipinski definition) is 1. The fraction of sp³-hybridized carbons (Fsp3) is 0.310. The molecule has 3 aromatic rings. The topological polar surface area (TPSA) is 86.8 Å². The van der Waals surface area contributed by atoms with Crippen molar-refractivity contribution in [1.29, 1.82) is 0 Å². The maximum atomic E-state index is 14.0. The summed E-state index contributed by atoms with van der Waals surface area (Å²) in [6, 6.07) is 20.2. The van der Waals surface area contributed by atoms with Gasteiger partial charge in [0.25, 0.3) is 0 Å². The van der Waals surface area contributed by atoms with Gasteiger partial charge in [0.1, 0.15) is 12.6 Å². The van der Waals surface area contributed by atoms with Crippen molar-refractivity contribution >= 4 is 50.7 Å². The van der Waals surface area contributed by atoms with Gasteiger partial charge >= 0.3 is 0 Å². The molecular weight excluding hydrogens is 557 g/mol. The number of halogens is 2.